The van der Waals surface area contributed by atoms with Crippen molar-refractivity contribution in [2.45, 2.75) is 18.8 Å². The molecule has 0 aliphatic rings. The summed E-state index contributed by atoms with van der Waals surface area (Å²) in [4.78, 5) is 10.2. The SMILES string of the molecule is O=C(O)CC(F)(F)Cc1ccc(Cl)c(Cl)c1. The van der Waals surface area contributed by atoms with E-state index in [4.69, 9.17) is 28.3 Å². The number of rotatable bonds is 4. The molecule has 0 amide bonds. The van der Waals surface area contributed by atoms with Gasteiger partial charge in [0.15, 0.2) is 0 Å². The van der Waals surface area contributed by atoms with E-state index in [2.05, 4.69) is 0 Å². The van der Waals surface area contributed by atoms with Crippen LogP contribution in [0.15, 0.2) is 18.2 Å². The highest BCUT2D eigenvalue weighted by Gasteiger charge is 2.32. The highest BCUT2D eigenvalue weighted by atomic mass is 35.5. The van der Waals surface area contributed by atoms with Crippen molar-refractivity contribution in [3.05, 3.63) is 33.8 Å². The number of hydrogen-bond acceptors (Lipinski definition) is 1. The fourth-order valence-electron chi connectivity index (χ4n) is 1.23. The second-order valence-electron chi connectivity index (χ2n) is 3.35. The van der Waals surface area contributed by atoms with E-state index in [-0.39, 0.29) is 15.6 Å². The predicted octanol–water partition coefficient (Wildman–Crippen LogP) is 3.65. The number of carboxylic acid groups (broad SMARTS) is 1. The van der Waals surface area contributed by atoms with Crippen LogP contribution in [0.3, 0.4) is 0 Å². The maximum absolute atomic E-state index is 13.1. The molecular formula is C10H8Cl2F2O2. The molecule has 1 aromatic rings. The van der Waals surface area contributed by atoms with Crippen molar-refractivity contribution in [3.8, 4) is 0 Å². The summed E-state index contributed by atoms with van der Waals surface area (Å²) >= 11 is 11.3. The lowest BCUT2D eigenvalue weighted by Gasteiger charge is -2.14. The second-order valence-corrected chi connectivity index (χ2v) is 4.17. The molecule has 0 radical (unpaired) electrons. The first-order valence-corrected chi connectivity index (χ1v) is 5.09. The van der Waals surface area contributed by atoms with Crippen molar-refractivity contribution in [2.75, 3.05) is 0 Å². The molecule has 6 heteroatoms. The van der Waals surface area contributed by atoms with Gasteiger partial charge in [-0.25, -0.2) is 8.78 Å². The predicted molar refractivity (Wildman–Crippen MR) is 57.4 cm³/mol. The normalized spacial score (nSPS) is 11.5. The lowest BCUT2D eigenvalue weighted by atomic mass is 10.1. The Labute approximate surface area is 101 Å². The molecule has 0 heterocycles. The van der Waals surface area contributed by atoms with Crippen LogP contribution in [0.25, 0.3) is 0 Å². The highest BCUT2D eigenvalue weighted by molar-refractivity contribution is 6.42. The lowest BCUT2D eigenvalue weighted by molar-refractivity contribution is -0.144. The molecule has 0 aromatic heterocycles. The van der Waals surface area contributed by atoms with Gasteiger partial charge >= 0.3 is 5.97 Å². The molecule has 0 fully saturated rings. The summed E-state index contributed by atoms with van der Waals surface area (Å²) in [7, 11) is 0. The largest absolute Gasteiger partial charge is 0.481 e. The number of carboxylic acids is 1. The molecule has 0 aliphatic carbocycles. The zero-order valence-corrected chi connectivity index (χ0v) is 9.53. The number of benzene rings is 1. The fraction of sp³-hybridized carbons (Fsp3) is 0.300. The monoisotopic (exact) mass is 268 g/mol. The van der Waals surface area contributed by atoms with Crippen molar-refractivity contribution in [1.82, 2.24) is 0 Å². The summed E-state index contributed by atoms with van der Waals surface area (Å²) in [5, 5.41) is 8.74. The Morgan fingerprint density at radius 1 is 1.31 bits per heavy atom. The summed E-state index contributed by atoms with van der Waals surface area (Å²) in [6.07, 6.45) is -1.87. The minimum atomic E-state index is -3.29. The third kappa shape index (κ3) is 3.94. The molecule has 0 saturated carbocycles. The van der Waals surface area contributed by atoms with Crippen molar-refractivity contribution < 1.29 is 18.7 Å². The van der Waals surface area contributed by atoms with E-state index in [9.17, 15) is 13.6 Å². The Balaban J connectivity index is 2.79. The van der Waals surface area contributed by atoms with Gasteiger partial charge in [0.05, 0.1) is 10.0 Å². The summed E-state index contributed by atoms with van der Waals surface area (Å²) in [6, 6.07) is 4.10. The molecule has 2 nitrogen and oxygen atoms in total. The van der Waals surface area contributed by atoms with Crippen LogP contribution in [0, 0.1) is 0 Å². The van der Waals surface area contributed by atoms with Gasteiger partial charge < -0.3 is 5.11 Å². The first-order valence-electron chi connectivity index (χ1n) is 4.34. The van der Waals surface area contributed by atoms with Crippen LogP contribution in [0.4, 0.5) is 8.78 Å². The summed E-state index contributed by atoms with van der Waals surface area (Å²) < 4.78 is 26.3. The van der Waals surface area contributed by atoms with Gasteiger partial charge in [-0.1, -0.05) is 29.3 Å². The van der Waals surface area contributed by atoms with Crippen LogP contribution in [-0.2, 0) is 11.2 Å². The first kappa shape index (κ1) is 13.2. The van der Waals surface area contributed by atoms with Crippen molar-refractivity contribution in [1.29, 1.82) is 0 Å². The van der Waals surface area contributed by atoms with Crippen LogP contribution in [0.1, 0.15) is 12.0 Å². The summed E-state index contributed by atoms with van der Waals surface area (Å²) in [5.41, 5.74) is 0.251. The smallest absolute Gasteiger partial charge is 0.309 e. The van der Waals surface area contributed by atoms with Gasteiger partial charge in [0.1, 0.15) is 6.42 Å². The summed E-state index contributed by atoms with van der Waals surface area (Å²) in [6.45, 7) is 0. The Bertz CT molecular complexity index is 408. The molecule has 0 bridgehead atoms. The molecule has 88 valence electrons. The van der Waals surface area contributed by atoms with Gasteiger partial charge in [0.25, 0.3) is 5.92 Å². The Morgan fingerprint density at radius 3 is 2.44 bits per heavy atom. The van der Waals surface area contributed by atoms with Crippen molar-refractivity contribution in [2.24, 2.45) is 0 Å². The summed E-state index contributed by atoms with van der Waals surface area (Å²) in [5.74, 6) is -4.83. The van der Waals surface area contributed by atoms with E-state index in [1.807, 2.05) is 0 Å². The lowest BCUT2D eigenvalue weighted by Crippen LogP contribution is -2.23. The molecule has 0 saturated heterocycles. The number of carbonyl (C=O) groups is 1. The standard InChI is InChI=1S/C10H8Cl2F2O2/c11-7-2-1-6(3-8(7)12)4-10(13,14)5-9(15)16/h1-3H,4-5H2,(H,15,16). The van der Waals surface area contributed by atoms with Gasteiger partial charge in [0.2, 0.25) is 0 Å². The van der Waals surface area contributed by atoms with E-state index >= 15 is 0 Å². The minimum absolute atomic E-state index is 0.172. The molecule has 1 N–H and O–H groups in total. The number of alkyl halides is 2. The minimum Gasteiger partial charge on any atom is -0.481 e. The average Bonchev–Trinajstić information content (AvgIpc) is 2.08. The van der Waals surface area contributed by atoms with Crippen molar-refractivity contribution in [3.63, 3.8) is 0 Å². The molecule has 0 spiro atoms. The Hall–Kier alpha value is -0.870. The maximum Gasteiger partial charge on any atom is 0.309 e. The Kier molecular flexibility index (Phi) is 4.10. The molecule has 0 atom stereocenters. The van der Waals surface area contributed by atoms with Crippen LogP contribution in [-0.4, -0.2) is 17.0 Å². The maximum atomic E-state index is 13.1. The second kappa shape index (κ2) is 4.97. The van der Waals surface area contributed by atoms with E-state index < -0.39 is 24.7 Å². The average molecular weight is 269 g/mol. The quantitative estimate of drug-likeness (QED) is 0.905. The van der Waals surface area contributed by atoms with Gasteiger partial charge in [-0.15, -0.1) is 0 Å². The molecule has 16 heavy (non-hydrogen) atoms. The third-order valence-electron chi connectivity index (χ3n) is 1.86. The first-order chi connectivity index (χ1) is 7.30. The molecule has 1 rings (SSSR count). The number of halogens is 4. The molecular weight excluding hydrogens is 261 g/mol. The topological polar surface area (TPSA) is 37.3 Å². The van der Waals surface area contributed by atoms with E-state index in [1.54, 1.807) is 0 Å². The zero-order valence-electron chi connectivity index (χ0n) is 8.01. The van der Waals surface area contributed by atoms with Crippen LogP contribution in [0.2, 0.25) is 10.0 Å². The van der Waals surface area contributed by atoms with Gasteiger partial charge in [0, 0.05) is 6.42 Å². The van der Waals surface area contributed by atoms with E-state index in [1.165, 1.54) is 18.2 Å². The van der Waals surface area contributed by atoms with Crippen molar-refractivity contribution >= 4 is 29.2 Å². The molecule has 0 unspecified atom stereocenters. The zero-order chi connectivity index (χ0) is 12.3. The van der Waals surface area contributed by atoms with Crippen LogP contribution in [0.5, 0.6) is 0 Å². The molecule has 1 aromatic carbocycles. The van der Waals surface area contributed by atoms with Gasteiger partial charge in [-0.3, -0.25) is 4.79 Å². The van der Waals surface area contributed by atoms with Gasteiger partial charge in [-0.05, 0) is 17.7 Å². The van der Waals surface area contributed by atoms with Gasteiger partial charge in [-0.2, -0.15) is 0 Å². The van der Waals surface area contributed by atoms with E-state index in [0.29, 0.717) is 0 Å². The number of aliphatic carboxylic acids is 1. The molecule has 0 aliphatic heterocycles. The number of hydrogen-bond donors (Lipinski definition) is 1. The highest BCUT2D eigenvalue weighted by Crippen LogP contribution is 2.28. The van der Waals surface area contributed by atoms with Crippen LogP contribution < -0.4 is 0 Å². The van der Waals surface area contributed by atoms with E-state index in [0.717, 1.165) is 0 Å². The fourth-order valence-corrected chi connectivity index (χ4v) is 1.55. The third-order valence-corrected chi connectivity index (χ3v) is 2.60. The van der Waals surface area contributed by atoms with Crippen LogP contribution >= 0.6 is 23.2 Å². The Morgan fingerprint density at radius 2 is 1.94 bits per heavy atom.